The number of hydrogen-bond acceptors (Lipinski definition) is 3. The van der Waals surface area contributed by atoms with Gasteiger partial charge in [-0.15, -0.1) is 0 Å². The monoisotopic (exact) mass is 191 g/mol. The van der Waals surface area contributed by atoms with Crippen LogP contribution in [-0.2, 0) is 6.54 Å². The number of anilines is 1. The molecule has 1 aromatic heterocycles. The van der Waals surface area contributed by atoms with Crippen molar-refractivity contribution in [1.82, 2.24) is 10.3 Å². The molecule has 1 saturated heterocycles. The zero-order chi connectivity index (χ0) is 9.80. The third kappa shape index (κ3) is 2.04. The van der Waals surface area contributed by atoms with Crippen LogP contribution in [0.5, 0.6) is 0 Å². The van der Waals surface area contributed by atoms with Gasteiger partial charge in [-0.25, -0.2) is 4.98 Å². The molecule has 1 aromatic rings. The lowest BCUT2D eigenvalue weighted by molar-refractivity contribution is 0.811. The van der Waals surface area contributed by atoms with Crippen molar-refractivity contribution in [3.63, 3.8) is 0 Å². The molecule has 0 atom stereocenters. The lowest BCUT2D eigenvalue weighted by Crippen LogP contribution is -2.19. The van der Waals surface area contributed by atoms with Gasteiger partial charge in [0.2, 0.25) is 0 Å². The van der Waals surface area contributed by atoms with Crippen LogP contribution in [0.1, 0.15) is 18.4 Å². The third-order valence-corrected chi connectivity index (χ3v) is 2.62. The van der Waals surface area contributed by atoms with Crippen LogP contribution in [0, 0.1) is 0 Å². The molecule has 0 unspecified atom stereocenters. The summed E-state index contributed by atoms with van der Waals surface area (Å²) in [6, 6.07) is 4.27. The molecule has 0 spiro atoms. The fraction of sp³-hybridized carbons (Fsp3) is 0.545. The Kier molecular flexibility index (Phi) is 2.99. The number of nitrogens with zero attached hydrogens (tertiary/aromatic N) is 2. The van der Waals surface area contributed by atoms with Gasteiger partial charge in [0.15, 0.2) is 0 Å². The van der Waals surface area contributed by atoms with Gasteiger partial charge in [-0.3, -0.25) is 0 Å². The van der Waals surface area contributed by atoms with Crippen LogP contribution < -0.4 is 10.2 Å². The first-order chi connectivity index (χ1) is 6.90. The molecule has 1 N–H and O–H groups in total. The predicted octanol–water partition coefficient (Wildman–Crippen LogP) is 1.40. The van der Waals surface area contributed by atoms with E-state index < -0.39 is 0 Å². The summed E-state index contributed by atoms with van der Waals surface area (Å²) in [5.41, 5.74) is 1.25. The Balaban J connectivity index is 2.05. The largest absolute Gasteiger partial charge is 0.357 e. The van der Waals surface area contributed by atoms with Crippen LogP contribution >= 0.6 is 0 Å². The minimum Gasteiger partial charge on any atom is -0.357 e. The molecule has 0 saturated carbocycles. The van der Waals surface area contributed by atoms with Crippen LogP contribution in [0.4, 0.5) is 5.82 Å². The van der Waals surface area contributed by atoms with Crippen molar-refractivity contribution in [1.29, 1.82) is 0 Å². The molecule has 0 radical (unpaired) electrons. The average molecular weight is 191 g/mol. The first-order valence-corrected chi connectivity index (χ1v) is 5.24. The maximum atomic E-state index is 4.47. The highest BCUT2D eigenvalue weighted by Crippen LogP contribution is 2.17. The Hall–Kier alpha value is -1.09. The van der Waals surface area contributed by atoms with E-state index in [2.05, 4.69) is 27.3 Å². The van der Waals surface area contributed by atoms with Gasteiger partial charge in [0.05, 0.1) is 0 Å². The molecular formula is C11H17N3. The predicted molar refractivity (Wildman–Crippen MR) is 58.4 cm³/mol. The van der Waals surface area contributed by atoms with Gasteiger partial charge >= 0.3 is 0 Å². The standard InChI is InChI=1S/C11H17N3/c1-12-8-10-4-5-11(13-9-10)14-6-2-3-7-14/h4-5,9,12H,2-3,6-8H2,1H3. The summed E-state index contributed by atoms with van der Waals surface area (Å²) in [4.78, 5) is 6.82. The number of rotatable bonds is 3. The van der Waals surface area contributed by atoms with Gasteiger partial charge in [-0.05, 0) is 31.5 Å². The van der Waals surface area contributed by atoms with E-state index in [0.717, 1.165) is 12.4 Å². The molecule has 3 nitrogen and oxygen atoms in total. The summed E-state index contributed by atoms with van der Waals surface area (Å²) in [6.45, 7) is 3.23. The number of aromatic nitrogens is 1. The summed E-state index contributed by atoms with van der Waals surface area (Å²) in [5.74, 6) is 1.13. The van der Waals surface area contributed by atoms with Crippen molar-refractivity contribution < 1.29 is 0 Å². The van der Waals surface area contributed by atoms with Crippen molar-refractivity contribution >= 4 is 5.82 Å². The van der Waals surface area contributed by atoms with Gasteiger partial charge in [0.1, 0.15) is 5.82 Å². The van der Waals surface area contributed by atoms with Gasteiger partial charge in [0, 0.05) is 25.8 Å². The maximum Gasteiger partial charge on any atom is 0.128 e. The van der Waals surface area contributed by atoms with Crippen LogP contribution in [0.3, 0.4) is 0 Å². The van der Waals surface area contributed by atoms with E-state index in [-0.39, 0.29) is 0 Å². The third-order valence-electron chi connectivity index (χ3n) is 2.62. The van der Waals surface area contributed by atoms with Crippen LogP contribution in [0.15, 0.2) is 18.3 Å². The smallest absolute Gasteiger partial charge is 0.128 e. The first kappa shape index (κ1) is 9.46. The molecule has 1 fully saturated rings. The Morgan fingerprint density at radius 3 is 2.71 bits per heavy atom. The van der Waals surface area contributed by atoms with E-state index >= 15 is 0 Å². The maximum absolute atomic E-state index is 4.47. The second-order valence-corrected chi connectivity index (χ2v) is 3.75. The minimum absolute atomic E-state index is 0.896. The molecule has 0 aromatic carbocycles. The summed E-state index contributed by atoms with van der Waals surface area (Å²) < 4.78 is 0. The van der Waals surface area contributed by atoms with Gasteiger partial charge in [0.25, 0.3) is 0 Å². The highest BCUT2D eigenvalue weighted by molar-refractivity contribution is 5.40. The molecule has 14 heavy (non-hydrogen) atoms. The minimum atomic E-state index is 0.896. The van der Waals surface area contributed by atoms with Crippen LogP contribution in [0.2, 0.25) is 0 Å². The van der Waals surface area contributed by atoms with Crippen LogP contribution in [0.25, 0.3) is 0 Å². The zero-order valence-electron chi connectivity index (χ0n) is 8.66. The molecule has 1 aliphatic rings. The van der Waals surface area contributed by atoms with E-state index in [0.29, 0.717) is 0 Å². The highest BCUT2D eigenvalue weighted by Gasteiger charge is 2.12. The first-order valence-electron chi connectivity index (χ1n) is 5.24. The molecule has 0 bridgehead atoms. The molecule has 0 amide bonds. The summed E-state index contributed by atoms with van der Waals surface area (Å²) in [5, 5.41) is 3.12. The molecule has 3 heteroatoms. The van der Waals surface area contributed by atoms with Crippen molar-refractivity contribution in [2.75, 3.05) is 25.0 Å². The lowest BCUT2D eigenvalue weighted by Gasteiger charge is -2.16. The normalized spacial score (nSPS) is 16.2. The Morgan fingerprint density at radius 2 is 2.14 bits per heavy atom. The molecular weight excluding hydrogens is 174 g/mol. The van der Waals surface area contributed by atoms with E-state index in [1.54, 1.807) is 0 Å². The van der Waals surface area contributed by atoms with Gasteiger partial charge in [-0.1, -0.05) is 6.07 Å². The Bertz CT molecular complexity index is 275. The Labute approximate surface area is 85.1 Å². The molecule has 2 heterocycles. The highest BCUT2D eigenvalue weighted by atomic mass is 15.2. The summed E-state index contributed by atoms with van der Waals surface area (Å²) in [7, 11) is 1.95. The molecule has 0 aliphatic carbocycles. The van der Waals surface area contributed by atoms with E-state index in [1.165, 1.54) is 31.5 Å². The van der Waals surface area contributed by atoms with E-state index in [4.69, 9.17) is 0 Å². The zero-order valence-corrected chi connectivity index (χ0v) is 8.66. The Morgan fingerprint density at radius 1 is 1.36 bits per heavy atom. The molecule has 76 valence electrons. The van der Waals surface area contributed by atoms with Crippen molar-refractivity contribution in [3.8, 4) is 0 Å². The summed E-state index contributed by atoms with van der Waals surface area (Å²) >= 11 is 0. The number of pyridine rings is 1. The number of hydrogen-bond donors (Lipinski definition) is 1. The van der Waals surface area contributed by atoms with Gasteiger partial charge < -0.3 is 10.2 Å². The topological polar surface area (TPSA) is 28.2 Å². The fourth-order valence-electron chi connectivity index (χ4n) is 1.86. The van der Waals surface area contributed by atoms with Crippen LogP contribution in [-0.4, -0.2) is 25.1 Å². The van der Waals surface area contributed by atoms with Crippen molar-refractivity contribution in [2.24, 2.45) is 0 Å². The second-order valence-electron chi connectivity index (χ2n) is 3.75. The van der Waals surface area contributed by atoms with Gasteiger partial charge in [-0.2, -0.15) is 0 Å². The quantitative estimate of drug-likeness (QED) is 0.782. The lowest BCUT2D eigenvalue weighted by atomic mass is 10.3. The molecule has 2 rings (SSSR count). The van der Waals surface area contributed by atoms with Crippen molar-refractivity contribution in [3.05, 3.63) is 23.9 Å². The fourth-order valence-corrected chi connectivity index (χ4v) is 1.86. The summed E-state index contributed by atoms with van der Waals surface area (Å²) in [6.07, 6.45) is 4.57. The van der Waals surface area contributed by atoms with Crippen molar-refractivity contribution in [2.45, 2.75) is 19.4 Å². The molecule has 1 aliphatic heterocycles. The van der Waals surface area contributed by atoms with E-state index in [1.807, 2.05) is 13.2 Å². The van der Waals surface area contributed by atoms with E-state index in [9.17, 15) is 0 Å². The second kappa shape index (κ2) is 4.42. The average Bonchev–Trinajstić information content (AvgIpc) is 2.72. The number of nitrogens with one attached hydrogen (secondary N) is 1. The SMILES string of the molecule is CNCc1ccc(N2CCCC2)nc1.